The van der Waals surface area contributed by atoms with Gasteiger partial charge in [0, 0.05) is 17.3 Å². The van der Waals surface area contributed by atoms with Crippen LogP contribution in [0.15, 0.2) is 54.6 Å². The molecule has 0 radical (unpaired) electrons. The van der Waals surface area contributed by atoms with Crippen molar-refractivity contribution >= 4 is 17.5 Å². The molecule has 1 N–H and O–H groups in total. The molecule has 0 aliphatic carbocycles. The van der Waals surface area contributed by atoms with Gasteiger partial charge in [0.25, 0.3) is 5.91 Å². The van der Waals surface area contributed by atoms with Crippen LogP contribution in [0.25, 0.3) is 16.9 Å². The number of nitrogens with zero attached hydrogens (tertiary/aromatic N) is 1. The maximum absolute atomic E-state index is 14.5. The molecule has 1 heterocycles. The Morgan fingerprint density at radius 3 is 2.44 bits per heavy atom. The minimum Gasteiger partial charge on any atom is -0.352 e. The first kappa shape index (κ1) is 19.2. The third kappa shape index (κ3) is 4.06. The lowest BCUT2D eigenvalue weighted by atomic mass is 10.1. The molecule has 0 spiro atoms. The van der Waals surface area contributed by atoms with Crippen molar-refractivity contribution in [3.63, 3.8) is 0 Å². The van der Waals surface area contributed by atoms with E-state index in [-0.39, 0.29) is 11.7 Å². The summed E-state index contributed by atoms with van der Waals surface area (Å²) < 4.78 is 16.3. The van der Waals surface area contributed by atoms with Crippen LogP contribution in [0.3, 0.4) is 0 Å². The van der Waals surface area contributed by atoms with Crippen LogP contribution in [0.5, 0.6) is 0 Å². The van der Waals surface area contributed by atoms with Gasteiger partial charge in [-0.2, -0.15) is 0 Å². The van der Waals surface area contributed by atoms with E-state index in [1.165, 1.54) is 6.07 Å². The number of carbonyl (C=O) groups is 1. The zero-order chi connectivity index (χ0) is 19.6. The number of nitrogens with one attached hydrogen (secondary N) is 1. The Balaban J connectivity index is 2.16. The molecule has 0 atom stereocenters. The number of carbonyl (C=O) groups excluding carboxylic acids is 1. The summed E-state index contributed by atoms with van der Waals surface area (Å²) in [5, 5.41) is 3.56. The first-order valence-corrected chi connectivity index (χ1v) is 9.27. The molecule has 0 unspecified atom stereocenters. The number of aromatic nitrogens is 1. The van der Waals surface area contributed by atoms with Crippen LogP contribution in [-0.4, -0.2) is 17.0 Å². The Morgan fingerprint density at radius 2 is 1.81 bits per heavy atom. The van der Waals surface area contributed by atoms with Crippen molar-refractivity contribution in [3.8, 4) is 16.9 Å². The SMILES string of the molecule is Cc1c(C(=O)NCC(C)C)cc(-c2ccc(Cl)cc2)n1-c1ccccc1F. The second-order valence-corrected chi connectivity index (χ2v) is 7.36. The van der Waals surface area contributed by atoms with E-state index in [2.05, 4.69) is 5.32 Å². The fraction of sp³-hybridized carbons (Fsp3) is 0.227. The molecule has 3 nitrogen and oxygen atoms in total. The van der Waals surface area contributed by atoms with Crippen molar-refractivity contribution in [2.75, 3.05) is 6.54 Å². The minimum atomic E-state index is -0.347. The van der Waals surface area contributed by atoms with Gasteiger partial charge in [0.05, 0.1) is 16.9 Å². The molecule has 2 aromatic carbocycles. The van der Waals surface area contributed by atoms with Gasteiger partial charge in [-0.1, -0.05) is 49.7 Å². The van der Waals surface area contributed by atoms with Gasteiger partial charge in [-0.05, 0) is 48.7 Å². The molecular formula is C22H22ClFN2O. The highest BCUT2D eigenvalue weighted by Gasteiger charge is 2.21. The fourth-order valence-electron chi connectivity index (χ4n) is 3.01. The maximum Gasteiger partial charge on any atom is 0.253 e. The van der Waals surface area contributed by atoms with Crippen LogP contribution >= 0.6 is 11.6 Å². The van der Waals surface area contributed by atoms with E-state index >= 15 is 0 Å². The number of amides is 1. The van der Waals surface area contributed by atoms with Crippen LogP contribution in [0.4, 0.5) is 4.39 Å². The molecule has 27 heavy (non-hydrogen) atoms. The number of hydrogen-bond acceptors (Lipinski definition) is 1. The monoisotopic (exact) mass is 384 g/mol. The first-order valence-electron chi connectivity index (χ1n) is 8.90. The third-order valence-electron chi connectivity index (χ3n) is 4.40. The van der Waals surface area contributed by atoms with Gasteiger partial charge in [-0.15, -0.1) is 0 Å². The van der Waals surface area contributed by atoms with Gasteiger partial charge in [0.2, 0.25) is 0 Å². The second-order valence-electron chi connectivity index (χ2n) is 6.93. The van der Waals surface area contributed by atoms with Crippen molar-refractivity contribution in [3.05, 3.63) is 76.7 Å². The fourth-order valence-corrected chi connectivity index (χ4v) is 3.13. The lowest BCUT2D eigenvalue weighted by Crippen LogP contribution is -2.27. The molecule has 5 heteroatoms. The van der Waals surface area contributed by atoms with Crippen molar-refractivity contribution in [1.29, 1.82) is 0 Å². The van der Waals surface area contributed by atoms with E-state index in [0.717, 1.165) is 11.3 Å². The molecule has 0 aliphatic heterocycles. The number of rotatable bonds is 5. The van der Waals surface area contributed by atoms with E-state index < -0.39 is 0 Å². The Morgan fingerprint density at radius 1 is 1.15 bits per heavy atom. The van der Waals surface area contributed by atoms with E-state index in [0.29, 0.717) is 34.4 Å². The summed E-state index contributed by atoms with van der Waals surface area (Å²) in [5.74, 6) is -0.161. The highest BCUT2D eigenvalue weighted by molar-refractivity contribution is 6.30. The molecule has 140 valence electrons. The smallest absolute Gasteiger partial charge is 0.253 e. The summed E-state index contributed by atoms with van der Waals surface area (Å²) in [7, 11) is 0. The van der Waals surface area contributed by atoms with E-state index in [1.54, 1.807) is 41.0 Å². The summed E-state index contributed by atoms with van der Waals surface area (Å²) >= 11 is 6.01. The van der Waals surface area contributed by atoms with Crippen LogP contribution in [-0.2, 0) is 0 Å². The number of hydrogen-bond donors (Lipinski definition) is 1. The molecule has 3 aromatic rings. The summed E-state index contributed by atoms with van der Waals surface area (Å²) in [4.78, 5) is 12.7. The predicted octanol–water partition coefficient (Wildman–Crippen LogP) is 5.63. The Kier molecular flexibility index (Phi) is 5.66. The zero-order valence-electron chi connectivity index (χ0n) is 15.6. The summed E-state index contributed by atoms with van der Waals surface area (Å²) in [5.41, 5.74) is 3.22. The molecule has 0 saturated carbocycles. The predicted molar refractivity (Wildman–Crippen MR) is 108 cm³/mol. The molecule has 1 aromatic heterocycles. The van der Waals surface area contributed by atoms with Gasteiger partial charge in [-0.25, -0.2) is 4.39 Å². The van der Waals surface area contributed by atoms with Gasteiger partial charge in [-0.3, -0.25) is 4.79 Å². The van der Waals surface area contributed by atoms with Crippen LogP contribution < -0.4 is 5.32 Å². The van der Waals surface area contributed by atoms with E-state index in [4.69, 9.17) is 11.6 Å². The number of benzene rings is 2. The van der Waals surface area contributed by atoms with Crippen LogP contribution in [0, 0.1) is 18.7 Å². The average Bonchev–Trinajstić information content (AvgIpc) is 2.98. The van der Waals surface area contributed by atoms with Crippen LogP contribution in [0.2, 0.25) is 5.02 Å². The number of para-hydroxylation sites is 1. The molecule has 0 bridgehead atoms. The number of halogens is 2. The molecular weight excluding hydrogens is 363 g/mol. The highest BCUT2D eigenvalue weighted by atomic mass is 35.5. The largest absolute Gasteiger partial charge is 0.352 e. The normalized spacial score (nSPS) is 11.0. The maximum atomic E-state index is 14.5. The standard InChI is InChI=1S/C22H22ClFN2O/c1-14(2)13-25-22(27)18-12-21(16-8-10-17(23)11-9-16)26(15(18)3)20-7-5-4-6-19(20)24/h4-12,14H,13H2,1-3H3,(H,25,27). The first-order chi connectivity index (χ1) is 12.9. The van der Waals surface area contributed by atoms with E-state index in [1.807, 2.05) is 32.9 Å². The quantitative estimate of drug-likeness (QED) is 0.607. The van der Waals surface area contributed by atoms with Crippen molar-refractivity contribution in [1.82, 2.24) is 9.88 Å². The Labute approximate surface area is 163 Å². The molecule has 0 saturated heterocycles. The minimum absolute atomic E-state index is 0.161. The molecule has 0 fully saturated rings. The zero-order valence-corrected chi connectivity index (χ0v) is 16.3. The lowest BCUT2D eigenvalue weighted by molar-refractivity contribution is 0.0948. The summed E-state index contributed by atoms with van der Waals surface area (Å²) in [6.45, 7) is 6.49. The van der Waals surface area contributed by atoms with Crippen LogP contribution in [0.1, 0.15) is 29.9 Å². The molecule has 1 amide bonds. The topological polar surface area (TPSA) is 34.0 Å². The Bertz CT molecular complexity index is 961. The van der Waals surface area contributed by atoms with Crippen molar-refractivity contribution < 1.29 is 9.18 Å². The van der Waals surface area contributed by atoms with Gasteiger partial charge in [0.1, 0.15) is 5.82 Å². The molecule has 3 rings (SSSR count). The van der Waals surface area contributed by atoms with E-state index in [9.17, 15) is 9.18 Å². The summed E-state index contributed by atoms with van der Waals surface area (Å²) in [6.07, 6.45) is 0. The van der Waals surface area contributed by atoms with Gasteiger partial charge < -0.3 is 9.88 Å². The third-order valence-corrected chi connectivity index (χ3v) is 4.65. The Hall–Kier alpha value is -2.59. The second kappa shape index (κ2) is 7.97. The lowest BCUT2D eigenvalue weighted by Gasteiger charge is -2.13. The average molecular weight is 385 g/mol. The van der Waals surface area contributed by atoms with Gasteiger partial charge >= 0.3 is 0 Å². The van der Waals surface area contributed by atoms with Gasteiger partial charge in [0.15, 0.2) is 0 Å². The molecule has 0 aliphatic rings. The van der Waals surface area contributed by atoms with Crippen molar-refractivity contribution in [2.24, 2.45) is 5.92 Å². The highest BCUT2D eigenvalue weighted by Crippen LogP contribution is 2.31. The summed E-state index contributed by atoms with van der Waals surface area (Å²) in [6, 6.07) is 15.6. The van der Waals surface area contributed by atoms with Crippen molar-refractivity contribution in [2.45, 2.75) is 20.8 Å².